The number of carbonyl (C=O) groups is 1. The molecule has 0 spiro atoms. The first-order valence-electron chi connectivity index (χ1n) is 5.30. The number of carbonyl (C=O) groups excluding carboxylic acids is 1. The van der Waals surface area contributed by atoms with Gasteiger partial charge in [-0.05, 0) is 23.6 Å². The van der Waals surface area contributed by atoms with Crippen LogP contribution in [0, 0.1) is 6.92 Å². The van der Waals surface area contributed by atoms with E-state index in [1.807, 2.05) is 6.92 Å². The van der Waals surface area contributed by atoms with Crippen LogP contribution in [0.3, 0.4) is 0 Å². The Morgan fingerprint density at radius 3 is 2.59 bits per heavy atom. The predicted octanol–water partition coefficient (Wildman–Crippen LogP) is -0.243. The molecule has 17 heavy (non-hydrogen) atoms. The molecule has 1 aromatic rings. The lowest BCUT2D eigenvalue weighted by Crippen LogP contribution is -2.25. The molecule has 0 aliphatic carbocycles. The molecule has 1 amide bonds. The van der Waals surface area contributed by atoms with Gasteiger partial charge >= 0.3 is 0 Å². The highest BCUT2D eigenvalue weighted by Crippen LogP contribution is 2.21. The molecule has 5 nitrogen and oxygen atoms in total. The Hall–Kier alpha value is -1.43. The number of aliphatic hydroxyl groups is 3. The van der Waals surface area contributed by atoms with Crippen LogP contribution < -0.4 is 5.73 Å². The maximum atomic E-state index is 10.6. The van der Waals surface area contributed by atoms with Crippen LogP contribution in [0.1, 0.15) is 29.2 Å². The topological polar surface area (TPSA) is 104 Å². The molecule has 0 aliphatic rings. The van der Waals surface area contributed by atoms with Crippen LogP contribution in [0.15, 0.2) is 18.2 Å². The van der Waals surface area contributed by atoms with Gasteiger partial charge in [0.2, 0.25) is 5.91 Å². The van der Waals surface area contributed by atoms with Crippen molar-refractivity contribution >= 4 is 5.91 Å². The van der Waals surface area contributed by atoms with Crippen LogP contribution >= 0.6 is 0 Å². The fourth-order valence-electron chi connectivity index (χ4n) is 1.59. The molecule has 0 fully saturated rings. The van der Waals surface area contributed by atoms with Gasteiger partial charge < -0.3 is 21.1 Å². The zero-order valence-electron chi connectivity index (χ0n) is 9.63. The van der Waals surface area contributed by atoms with Crippen molar-refractivity contribution in [3.8, 4) is 0 Å². The number of hydrogen-bond acceptors (Lipinski definition) is 4. The van der Waals surface area contributed by atoms with Crippen molar-refractivity contribution in [2.24, 2.45) is 5.73 Å². The van der Waals surface area contributed by atoms with Gasteiger partial charge in [-0.25, -0.2) is 0 Å². The number of rotatable bonds is 5. The highest BCUT2D eigenvalue weighted by Gasteiger charge is 2.20. The van der Waals surface area contributed by atoms with Crippen LogP contribution in [0.4, 0.5) is 0 Å². The van der Waals surface area contributed by atoms with Gasteiger partial charge in [0, 0.05) is 0 Å². The van der Waals surface area contributed by atoms with Crippen LogP contribution in [0.2, 0.25) is 0 Å². The van der Waals surface area contributed by atoms with E-state index in [-0.39, 0.29) is 13.0 Å². The average molecular weight is 239 g/mol. The van der Waals surface area contributed by atoms with E-state index in [4.69, 9.17) is 10.8 Å². The molecular formula is C12H17NO4. The highest BCUT2D eigenvalue weighted by atomic mass is 16.3. The van der Waals surface area contributed by atoms with Gasteiger partial charge in [0.15, 0.2) is 0 Å². The van der Waals surface area contributed by atoms with Crippen LogP contribution in [-0.2, 0) is 11.4 Å². The van der Waals surface area contributed by atoms with Gasteiger partial charge in [-0.2, -0.15) is 0 Å². The standard InChI is InChI=1S/C12H17NO4/c1-7-2-3-8(4-9(7)6-14)12(17)10(15)5-11(13)16/h2-4,10,12,14-15,17H,5-6H2,1H3,(H2,13,16). The molecule has 0 bridgehead atoms. The molecule has 5 heteroatoms. The summed E-state index contributed by atoms with van der Waals surface area (Å²) in [5.41, 5.74) is 6.96. The van der Waals surface area contributed by atoms with Crippen molar-refractivity contribution in [1.82, 2.24) is 0 Å². The van der Waals surface area contributed by atoms with E-state index in [9.17, 15) is 15.0 Å². The summed E-state index contributed by atoms with van der Waals surface area (Å²) < 4.78 is 0. The van der Waals surface area contributed by atoms with Crippen molar-refractivity contribution < 1.29 is 20.1 Å². The van der Waals surface area contributed by atoms with E-state index >= 15 is 0 Å². The van der Waals surface area contributed by atoms with Gasteiger partial charge in [-0.15, -0.1) is 0 Å². The minimum absolute atomic E-state index is 0.141. The molecule has 1 aromatic carbocycles. The second-order valence-corrected chi connectivity index (χ2v) is 4.03. The Labute approximate surface area is 99.5 Å². The number of amides is 1. The van der Waals surface area contributed by atoms with E-state index < -0.39 is 18.1 Å². The molecule has 0 saturated carbocycles. The Kier molecular flexibility index (Phi) is 4.62. The summed E-state index contributed by atoms with van der Waals surface area (Å²) in [7, 11) is 0. The van der Waals surface area contributed by atoms with Crippen molar-refractivity contribution in [2.75, 3.05) is 0 Å². The molecule has 0 aliphatic heterocycles. The SMILES string of the molecule is Cc1ccc(C(O)C(O)CC(N)=O)cc1CO. The fraction of sp³-hybridized carbons (Fsp3) is 0.417. The number of aliphatic hydroxyl groups excluding tert-OH is 3. The number of primary amides is 1. The largest absolute Gasteiger partial charge is 0.392 e. The lowest BCUT2D eigenvalue weighted by molar-refractivity contribution is -0.121. The summed E-state index contributed by atoms with van der Waals surface area (Å²) in [4.78, 5) is 10.6. The average Bonchev–Trinajstić information content (AvgIpc) is 2.27. The first-order valence-corrected chi connectivity index (χ1v) is 5.30. The van der Waals surface area contributed by atoms with Gasteiger partial charge in [0.25, 0.3) is 0 Å². The Morgan fingerprint density at radius 1 is 1.41 bits per heavy atom. The van der Waals surface area contributed by atoms with Gasteiger partial charge in [0.1, 0.15) is 6.10 Å². The van der Waals surface area contributed by atoms with Crippen molar-refractivity contribution in [3.05, 3.63) is 34.9 Å². The predicted molar refractivity (Wildman–Crippen MR) is 61.9 cm³/mol. The van der Waals surface area contributed by atoms with E-state index in [1.165, 1.54) is 0 Å². The molecule has 5 N–H and O–H groups in total. The lowest BCUT2D eigenvalue weighted by atomic mass is 9.98. The first kappa shape index (κ1) is 13.6. The Balaban J connectivity index is 2.88. The maximum Gasteiger partial charge on any atom is 0.220 e. The second-order valence-electron chi connectivity index (χ2n) is 4.03. The van der Waals surface area contributed by atoms with E-state index in [0.29, 0.717) is 11.1 Å². The molecular weight excluding hydrogens is 222 g/mol. The number of hydrogen-bond donors (Lipinski definition) is 4. The first-order chi connectivity index (χ1) is 7.95. The third-order valence-corrected chi connectivity index (χ3v) is 2.66. The van der Waals surface area contributed by atoms with Gasteiger partial charge in [-0.3, -0.25) is 4.79 Å². The molecule has 94 valence electrons. The quantitative estimate of drug-likeness (QED) is 0.569. The summed E-state index contributed by atoms with van der Waals surface area (Å²) >= 11 is 0. The van der Waals surface area contributed by atoms with Gasteiger partial charge in [0.05, 0.1) is 19.1 Å². The molecule has 0 heterocycles. The number of nitrogens with two attached hydrogens (primary N) is 1. The number of benzene rings is 1. The lowest BCUT2D eigenvalue weighted by Gasteiger charge is -2.18. The number of aryl methyl sites for hydroxylation is 1. The maximum absolute atomic E-state index is 10.6. The minimum atomic E-state index is -1.23. The van der Waals surface area contributed by atoms with Crippen LogP contribution in [0.25, 0.3) is 0 Å². The smallest absolute Gasteiger partial charge is 0.220 e. The van der Waals surface area contributed by atoms with Crippen molar-refractivity contribution in [2.45, 2.75) is 32.2 Å². The Morgan fingerprint density at radius 2 is 2.06 bits per heavy atom. The monoisotopic (exact) mass is 239 g/mol. The Bertz CT molecular complexity index is 405. The fourth-order valence-corrected chi connectivity index (χ4v) is 1.59. The summed E-state index contributed by atoms with van der Waals surface area (Å²) in [5.74, 6) is -0.675. The van der Waals surface area contributed by atoms with E-state index in [2.05, 4.69) is 0 Å². The van der Waals surface area contributed by atoms with Crippen LogP contribution in [-0.4, -0.2) is 27.3 Å². The van der Waals surface area contributed by atoms with Crippen molar-refractivity contribution in [1.29, 1.82) is 0 Å². The molecule has 1 rings (SSSR count). The third kappa shape index (κ3) is 3.52. The van der Waals surface area contributed by atoms with Crippen molar-refractivity contribution in [3.63, 3.8) is 0 Å². The highest BCUT2D eigenvalue weighted by molar-refractivity contribution is 5.74. The summed E-state index contributed by atoms with van der Waals surface area (Å²) in [6.45, 7) is 1.69. The molecule has 0 aromatic heterocycles. The molecule has 0 radical (unpaired) electrons. The van der Waals surface area contributed by atoms with E-state index in [1.54, 1.807) is 18.2 Å². The zero-order valence-corrected chi connectivity index (χ0v) is 9.63. The van der Waals surface area contributed by atoms with E-state index in [0.717, 1.165) is 5.56 Å². The van der Waals surface area contributed by atoms with Gasteiger partial charge in [-0.1, -0.05) is 18.2 Å². The molecule has 2 unspecified atom stereocenters. The summed E-state index contributed by atoms with van der Waals surface area (Å²) in [6.07, 6.45) is -2.72. The zero-order chi connectivity index (χ0) is 13.0. The summed E-state index contributed by atoms with van der Waals surface area (Å²) in [5, 5.41) is 28.5. The third-order valence-electron chi connectivity index (χ3n) is 2.66. The minimum Gasteiger partial charge on any atom is -0.392 e. The van der Waals surface area contributed by atoms with Crippen LogP contribution in [0.5, 0.6) is 0 Å². The molecule has 2 atom stereocenters. The summed E-state index contributed by atoms with van der Waals surface area (Å²) in [6, 6.07) is 4.98. The normalized spacial score (nSPS) is 14.4. The molecule has 0 saturated heterocycles. The second kappa shape index (κ2) is 5.77.